The molecule has 0 amide bonds. The molecule has 3 heterocycles. The molecule has 0 unspecified atom stereocenters. The Morgan fingerprint density at radius 3 is 2.74 bits per heavy atom. The standard InChI is InChI=1S/C24H28N6S/c1-15-7-9-19-21(12-15)27-22(31)13-17-14-25-24(29-23(17)19)28-20-10-8-18(26-16(20)2)6-5-11-30(3)4/h7-10,12,14H,5-6,11,13H2,1-4H3,(H,27,31)(H,25,28,29). The summed E-state index contributed by atoms with van der Waals surface area (Å²) in [5.74, 6) is 0.559. The molecule has 3 aromatic rings. The molecule has 1 aliphatic heterocycles. The molecule has 6 nitrogen and oxygen atoms in total. The fourth-order valence-corrected chi connectivity index (χ4v) is 4.01. The highest BCUT2D eigenvalue weighted by Gasteiger charge is 2.19. The van der Waals surface area contributed by atoms with Gasteiger partial charge < -0.3 is 15.5 Å². The van der Waals surface area contributed by atoms with Gasteiger partial charge in [0, 0.05) is 35.1 Å². The second-order valence-electron chi connectivity index (χ2n) is 8.31. The van der Waals surface area contributed by atoms with Crippen molar-refractivity contribution in [2.45, 2.75) is 33.1 Å². The van der Waals surface area contributed by atoms with Crippen molar-refractivity contribution in [1.29, 1.82) is 0 Å². The molecule has 0 aliphatic carbocycles. The summed E-state index contributed by atoms with van der Waals surface area (Å²) < 4.78 is 0. The largest absolute Gasteiger partial charge is 0.349 e. The fraction of sp³-hybridized carbons (Fsp3) is 0.333. The summed E-state index contributed by atoms with van der Waals surface area (Å²) in [5, 5.41) is 6.70. The van der Waals surface area contributed by atoms with E-state index >= 15 is 0 Å². The van der Waals surface area contributed by atoms with Crippen LogP contribution in [0.4, 0.5) is 17.3 Å². The maximum Gasteiger partial charge on any atom is 0.227 e. The number of thiocarbonyl (C=S) groups is 1. The molecule has 0 bridgehead atoms. The van der Waals surface area contributed by atoms with Crippen LogP contribution in [0.25, 0.3) is 11.3 Å². The molecule has 0 fully saturated rings. The number of hydrogen-bond donors (Lipinski definition) is 2. The summed E-state index contributed by atoms with van der Waals surface area (Å²) >= 11 is 5.51. The molecule has 0 spiro atoms. The van der Waals surface area contributed by atoms with E-state index < -0.39 is 0 Å². The zero-order valence-electron chi connectivity index (χ0n) is 18.5. The third kappa shape index (κ3) is 5.06. The molecule has 0 atom stereocenters. The molecule has 2 N–H and O–H groups in total. The minimum atomic E-state index is 0.559. The van der Waals surface area contributed by atoms with Crippen LogP contribution in [0.5, 0.6) is 0 Å². The molecule has 160 valence electrons. The Balaban J connectivity index is 1.59. The zero-order chi connectivity index (χ0) is 22.0. The van der Waals surface area contributed by atoms with Crippen LogP contribution in [0.2, 0.25) is 0 Å². The number of benzene rings is 1. The highest BCUT2D eigenvalue weighted by Crippen LogP contribution is 2.34. The first-order valence-electron chi connectivity index (χ1n) is 10.5. The molecular weight excluding hydrogens is 404 g/mol. The fourth-order valence-electron chi connectivity index (χ4n) is 3.75. The average molecular weight is 433 g/mol. The van der Waals surface area contributed by atoms with E-state index in [0.717, 1.165) is 64.0 Å². The summed E-state index contributed by atoms with van der Waals surface area (Å²) in [6.45, 7) is 5.15. The quantitative estimate of drug-likeness (QED) is 0.548. The molecular formula is C24H28N6S. The molecule has 31 heavy (non-hydrogen) atoms. The molecule has 0 saturated carbocycles. The normalized spacial score (nSPS) is 12.7. The van der Waals surface area contributed by atoms with Crippen LogP contribution in [-0.2, 0) is 12.8 Å². The molecule has 0 saturated heterocycles. The molecule has 4 rings (SSSR count). The third-order valence-corrected chi connectivity index (χ3v) is 5.59. The van der Waals surface area contributed by atoms with Gasteiger partial charge in [0.2, 0.25) is 5.95 Å². The summed E-state index contributed by atoms with van der Waals surface area (Å²) in [7, 11) is 4.19. The predicted octanol–water partition coefficient (Wildman–Crippen LogP) is 4.69. The number of aryl methyl sites for hydroxylation is 3. The van der Waals surface area contributed by atoms with Crippen molar-refractivity contribution < 1.29 is 0 Å². The zero-order valence-corrected chi connectivity index (χ0v) is 19.3. The van der Waals surface area contributed by atoms with E-state index in [1.54, 1.807) is 0 Å². The van der Waals surface area contributed by atoms with E-state index in [-0.39, 0.29) is 0 Å². The van der Waals surface area contributed by atoms with Crippen LogP contribution in [0.1, 0.15) is 28.9 Å². The van der Waals surface area contributed by atoms with Crippen LogP contribution in [0.3, 0.4) is 0 Å². The van der Waals surface area contributed by atoms with Gasteiger partial charge >= 0.3 is 0 Å². The Labute approximate surface area is 189 Å². The van der Waals surface area contributed by atoms with Crippen molar-refractivity contribution in [2.24, 2.45) is 0 Å². The van der Waals surface area contributed by atoms with Crippen LogP contribution in [-0.4, -0.2) is 45.5 Å². The topological polar surface area (TPSA) is 66.0 Å². The summed E-state index contributed by atoms with van der Waals surface area (Å²) in [6.07, 6.45) is 4.56. The van der Waals surface area contributed by atoms with E-state index in [0.29, 0.717) is 12.4 Å². The highest BCUT2D eigenvalue weighted by atomic mass is 32.1. The van der Waals surface area contributed by atoms with Gasteiger partial charge in [-0.25, -0.2) is 9.97 Å². The van der Waals surface area contributed by atoms with Gasteiger partial charge in [-0.2, -0.15) is 0 Å². The smallest absolute Gasteiger partial charge is 0.227 e. The van der Waals surface area contributed by atoms with Gasteiger partial charge in [-0.1, -0.05) is 24.4 Å². The van der Waals surface area contributed by atoms with Crippen molar-refractivity contribution in [3.63, 3.8) is 0 Å². The molecule has 1 aliphatic rings. The van der Waals surface area contributed by atoms with Crippen molar-refractivity contribution in [2.75, 3.05) is 31.3 Å². The predicted molar refractivity (Wildman–Crippen MR) is 131 cm³/mol. The third-order valence-electron chi connectivity index (χ3n) is 5.35. The number of nitrogens with zero attached hydrogens (tertiary/aromatic N) is 4. The lowest BCUT2D eigenvalue weighted by Crippen LogP contribution is -2.13. The monoisotopic (exact) mass is 432 g/mol. The average Bonchev–Trinajstić information content (AvgIpc) is 2.84. The van der Waals surface area contributed by atoms with Crippen molar-refractivity contribution in [3.05, 3.63) is 59.0 Å². The van der Waals surface area contributed by atoms with Gasteiger partial charge in [-0.05, 0) is 71.1 Å². The van der Waals surface area contributed by atoms with Gasteiger partial charge in [0.15, 0.2) is 0 Å². The first kappa shape index (κ1) is 21.3. The SMILES string of the molecule is Cc1ccc2c(c1)NC(=S)Cc1cnc(Nc3ccc(CCCN(C)C)nc3C)nc1-2. The number of fused-ring (bicyclic) bond motifs is 3. The Bertz CT molecular complexity index is 1130. The van der Waals surface area contributed by atoms with Crippen molar-refractivity contribution in [3.8, 4) is 11.3 Å². The van der Waals surface area contributed by atoms with E-state index in [2.05, 4.69) is 71.9 Å². The van der Waals surface area contributed by atoms with E-state index in [9.17, 15) is 0 Å². The number of rotatable bonds is 6. The number of nitrogens with one attached hydrogen (secondary N) is 2. The summed E-state index contributed by atoms with van der Waals surface area (Å²) in [4.78, 5) is 17.1. The van der Waals surface area contributed by atoms with Crippen LogP contribution < -0.4 is 10.6 Å². The van der Waals surface area contributed by atoms with E-state index in [1.807, 2.05) is 13.1 Å². The first-order chi connectivity index (χ1) is 14.9. The molecule has 1 aromatic carbocycles. The Kier molecular flexibility index (Phi) is 6.25. The maximum absolute atomic E-state index is 5.51. The van der Waals surface area contributed by atoms with Crippen LogP contribution >= 0.6 is 12.2 Å². The Morgan fingerprint density at radius 2 is 1.97 bits per heavy atom. The van der Waals surface area contributed by atoms with Crippen LogP contribution in [0, 0.1) is 13.8 Å². The number of aromatic nitrogens is 3. The van der Waals surface area contributed by atoms with E-state index in [1.165, 1.54) is 5.56 Å². The van der Waals surface area contributed by atoms with Crippen molar-refractivity contribution >= 4 is 34.5 Å². The van der Waals surface area contributed by atoms with Gasteiger partial charge in [-0.3, -0.25) is 4.98 Å². The van der Waals surface area contributed by atoms with Gasteiger partial charge in [0.1, 0.15) is 0 Å². The lowest BCUT2D eigenvalue weighted by Gasteiger charge is -2.13. The molecule has 2 aromatic heterocycles. The Hall–Kier alpha value is -2.90. The van der Waals surface area contributed by atoms with Gasteiger partial charge in [0.25, 0.3) is 0 Å². The van der Waals surface area contributed by atoms with Gasteiger partial charge in [-0.15, -0.1) is 0 Å². The summed E-state index contributed by atoms with van der Waals surface area (Å²) in [5.41, 5.74) is 8.11. The lowest BCUT2D eigenvalue weighted by atomic mass is 10.0. The molecule has 7 heteroatoms. The number of pyridine rings is 1. The van der Waals surface area contributed by atoms with E-state index in [4.69, 9.17) is 22.2 Å². The summed E-state index contributed by atoms with van der Waals surface area (Å²) in [6, 6.07) is 10.4. The number of hydrogen-bond acceptors (Lipinski definition) is 6. The maximum atomic E-state index is 5.51. The van der Waals surface area contributed by atoms with Crippen molar-refractivity contribution in [1.82, 2.24) is 19.9 Å². The van der Waals surface area contributed by atoms with Gasteiger partial charge in [0.05, 0.1) is 22.1 Å². The first-order valence-corrected chi connectivity index (χ1v) is 10.9. The minimum Gasteiger partial charge on any atom is -0.349 e. The highest BCUT2D eigenvalue weighted by molar-refractivity contribution is 7.80. The second kappa shape index (κ2) is 9.08. The minimum absolute atomic E-state index is 0.559. The number of anilines is 3. The second-order valence-corrected chi connectivity index (χ2v) is 8.80. The van der Waals surface area contributed by atoms with Crippen LogP contribution in [0.15, 0.2) is 36.5 Å². The molecule has 0 radical (unpaired) electrons. The Morgan fingerprint density at radius 1 is 1.13 bits per heavy atom. The lowest BCUT2D eigenvalue weighted by molar-refractivity contribution is 0.399.